The quantitative estimate of drug-likeness (QED) is 0.141. The molecule has 6 heteroatoms. The number of benzene rings is 8. The van der Waals surface area contributed by atoms with Gasteiger partial charge in [-0.25, -0.2) is 0 Å². The molecule has 0 unspecified atom stereocenters. The van der Waals surface area contributed by atoms with Crippen molar-refractivity contribution in [2.24, 2.45) is 0 Å². The molecule has 1 fully saturated rings. The van der Waals surface area contributed by atoms with E-state index in [0.717, 1.165) is 53.7 Å². The van der Waals surface area contributed by atoms with Crippen molar-refractivity contribution in [3.05, 3.63) is 178 Å². The summed E-state index contributed by atoms with van der Waals surface area (Å²) in [7, 11) is 0. The van der Waals surface area contributed by atoms with Crippen LogP contribution in [0.1, 0.15) is 195 Å². The van der Waals surface area contributed by atoms with Gasteiger partial charge in [-0.15, -0.1) is 31.8 Å². The Kier molecular flexibility index (Phi) is 6.33. The van der Waals surface area contributed by atoms with Crippen molar-refractivity contribution in [1.82, 2.24) is 0 Å². The van der Waals surface area contributed by atoms with Gasteiger partial charge in [-0.1, -0.05) is 157 Å². The molecule has 0 N–H and O–H groups in total. The zero-order chi connectivity index (χ0) is 73.9. The highest BCUT2D eigenvalue weighted by atomic mass is 32.1. The smallest absolute Gasteiger partial charge is 0.192 e. The van der Waals surface area contributed by atoms with Crippen molar-refractivity contribution >= 4 is 106 Å². The summed E-state index contributed by atoms with van der Waals surface area (Å²) in [5.41, 5.74) is -2.13. The molecule has 4 nitrogen and oxygen atoms in total. The molecule has 12 aromatic rings. The van der Waals surface area contributed by atoms with Crippen LogP contribution in [0.25, 0.3) is 106 Å². The molecule has 0 radical (unpaired) electrons. The van der Waals surface area contributed by atoms with Crippen molar-refractivity contribution < 1.29 is 46.0 Å². The molecular formula is C76H72N2O2S2+2. The van der Waals surface area contributed by atoms with E-state index < -0.39 is 105 Å². The summed E-state index contributed by atoms with van der Waals surface area (Å²) in [6.07, 6.45) is 3.86. The second kappa shape index (κ2) is 15.4. The van der Waals surface area contributed by atoms with Gasteiger partial charge in [0.1, 0.15) is 12.5 Å². The molecule has 0 bridgehead atoms. The predicted molar refractivity (Wildman–Crippen MR) is 344 cm³/mol. The van der Waals surface area contributed by atoms with Crippen LogP contribution in [-0.2, 0) is 53.8 Å². The monoisotopic (exact) mass is 1130 g/mol. The number of ether oxygens (including phenoxy) is 2. The van der Waals surface area contributed by atoms with E-state index in [1.807, 2.05) is 13.8 Å². The van der Waals surface area contributed by atoms with E-state index in [1.54, 1.807) is 41.5 Å². The molecular weight excluding hydrogens is 1040 g/mol. The molecule has 17 rings (SSSR count). The van der Waals surface area contributed by atoms with Crippen molar-refractivity contribution in [2.75, 3.05) is 0 Å². The lowest BCUT2D eigenvalue weighted by atomic mass is 9.63. The van der Waals surface area contributed by atoms with Crippen molar-refractivity contribution in [1.29, 1.82) is 0 Å². The number of rotatable bonds is 0. The van der Waals surface area contributed by atoms with Gasteiger partial charge in [-0.05, 0) is 161 Å². The van der Waals surface area contributed by atoms with Gasteiger partial charge in [0.25, 0.3) is 0 Å². The fraction of sp³-hybridized carbons (Fsp3) is 0.342. The molecule has 5 aliphatic rings. The normalized spacial score (nSPS) is 22.8. The molecule has 0 atom stereocenters. The Morgan fingerprint density at radius 2 is 0.854 bits per heavy atom. The minimum atomic E-state index is -2.78. The molecule has 0 saturated carbocycles. The van der Waals surface area contributed by atoms with Gasteiger partial charge in [-0.2, -0.15) is 9.47 Å². The predicted octanol–water partition coefficient (Wildman–Crippen LogP) is 19.9. The fourth-order valence-corrected chi connectivity index (χ4v) is 16.5. The first-order chi connectivity index (χ1) is 47.2. The van der Waals surface area contributed by atoms with Crippen molar-refractivity contribution in [3.8, 4) is 22.5 Å². The zero-order valence-electron chi connectivity index (χ0n) is 68.5. The Morgan fingerprint density at radius 1 is 0.427 bits per heavy atom. The van der Waals surface area contributed by atoms with Crippen molar-refractivity contribution in [3.63, 3.8) is 0 Å². The molecule has 82 heavy (non-hydrogen) atoms. The molecule has 2 spiro atoms. The van der Waals surface area contributed by atoms with E-state index in [4.69, 9.17) is 9.47 Å². The number of pyridine rings is 2. The molecule has 4 aromatic heterocycles. The van der Waals surface area contributed by atoms with Crippen molar-refractivity contribution in [2.45, 2.75) is 167 Å². The summed E-state index contributed by atoms with van der Waals surface area (Å²) in [4.78, 5) is 0. The molecule has 0 amide bonds. The number of nitrogens with zero attached hydrogens (tertiary/aromatic N) is 2. The maximum atomic E-state index is 10.9. The maximum absolute atomic E-state index is 10.9. The van der Waals surface area contributed by atoms with Gasteiger partial charge in [0.15, 0.2) is 12.4 Å². The molecule has 1 saturated heterocycles. The second-order valence-corrected chi connectivity index (χ2v) is 30.5. The Balaban J connectivity index is 1.06. The first-order valence-corrected chi connectivity index (χ1v) is 30.2. The first-order valence-electron chi connectivity index (χ1n) is 38.5. The number of thiophene rings is 2. The van der Waals surface area contributed by atoms with E-state index in [1.165, 1.54) is 32.7 Å². The summed E-state index contributed by atoms with van der Waals surface area (Å²) < 4.78 is 221. The highest BCUT2D eigenvalue weighted by molar-refractivity contribution is 7.27. The SMILES string of the molecule is [2H]c1c([2H])c([2H])c2c3c(c([2H])c(C(C)(C)C)c2c1[2H])-c1c([2H])c2c(c[n+]1C31OC3(O1)c1c(c([2H])c(C(C)(C)C)c4c([2H])c([2H])c([2H])c([2H])c14)-c1c([2H])c4c(c([2H])cc5c4sc4c([2H])c6c(c([2H])c45)C(C)(C)CCC6(C)C)c([2H])[n+]13)c([2H])c([2H])c1c2sc2c([2H])c3c(c([2H])c21)C(C)(C)CCC3(C)C. The van der Waals surface area contributed by atoms with Crippen LogP contribution < -0.4 is 9.13 Å². The number of hydrogen-bond acceptors (Lipinski definition) is 4. The lowest BCUT2D eigenvalue weighted by molar-refractivity contribution is -0.998. The highest BCUT2D eigenvalue weighted by Gasteiger charge is 2.80. The Bertz CT molecular complexity index is 6180. The molecule has 7 heterocycles. The molecule has 408 valence electrons. The minimum Gasteiger partial charge on any atom is -0.192 e. The average Bonchev–Trinajstić information content (AvgIpc) is 1.45. The third-order valence-electron chi connectivity index (χ3n) is 19.0. The zero-order valence-corrected chi connectivity index (χ0v) is 50.1. The third-order valence-corrected chi connectivity index (χ3v) is 21.3. The first kappa shape index (κ1) is 33.7. The van der Waals surface area contributed by atoms with Crippen LogP contribution in [0.4, 0.5) is 0 Å². The fourth-order valence-electron chi connectivity index (χ4n) is 14.3. The number of fused-ring (bicyclic) bond motifs is 26. The summed E-state index contributed by atoms with van der Waals surface area (Å²) >= 11 is 2.30. The lowest BCUT2D eigenvalue weighted by Gasteiger charge is -2.43. The van der Waals surface area contributed by atoms with Crippen LogP contribution in [0, 0.1) is 0 Å². The summed E-state index contributed by atoms with van der Waals surface area (Å²) in [6.45, 7) is 27.2. The molecule has 8 aromatic carbocycles. The minimum absolute atomic E-state index is 0.0282. The molecule has 2 aliphatic carbocycles. The summed E-state index contributed by atoms with van der Waals surface area (Å²) in [5, 5.41) is 0.699. The standard InChI is InChI=1S/C76H72N2O2S2/c1-69(2,3)55-33-53-61-35-49-41(23-25-47-51-31-57-59(37-63(51)81-67(47)49)73(11,12)29-27-71(57,7)8)39-77(61)75(65(53)45-21-17-15-19-43(45)55)79-76(80-75)66-46-22-18-16-20-44(46)56(70(4,5)6)34-54(66)62-36-50-42(40-78(62)76)24-26-48-52-32-58-60(38-64(52)82-68(48)50)74(13,14)30-28-72(58,9)10/h15-26,31-40H,27-30H2,1-14H3/q+2/i15D,16D,17D,18D,19D,20D,21D,22D,23D,24D,25D,31D,32D,33D,34D,35D,36D,37D,38D,40D. The van der Waals surface area contributed by atoms with Crippen LogP contribution >= 0.6 is 22.7 Å². The van der Waals surface area contributed by atoms with Crippen LogP contribution in [0.3, 0.4) is 0 Å². The summed E-state index contributed by atoms with van der Waals surface area (Å²) in [6, 6.07) is -4.97. The maximum Gasteiger partial charge on any atom is 0.436 e. The van der Waals surface area contributed by atoms with Gasteiger partial charge in [0, 0.05) is 74.0 Å². The third kappa shape index (κ3) is 6.30. The average molecular weight is 1130 g/mol. The van der Waals surface area contributed by atoms with Gasteiger partial charge in [0.2, 0.25) is 11.4 Å². The van der Waals surface area contributed by atoms with E-state index in [2.05, 4.69) is 41.5 Å². The Labute approximate surface area is 517 Å². The number of aromatic nitrogens is 2. The second-order valence-electron chi connectivity index (χ2n) is 28.4. The Morgan fingerprint density at radius 3 is 1.35 bits per heavy atom. The molecule has 3 aliphatic heterocycles. The van der Waals surface area contributed by atoms with Gasteiger partial charge in [-0.3, -0.25) is 0 Å². The largest absolute Gasteiger partial charge is 0.436 e. The highest BCUT2D eigenvalue weighted by Crippen LogP contribution is 2.62. The van der Waals surface area contributed by atoms with Crippen LogP contribution in [0.2, 0.25) is 0 Å². The lowest BCUT2D eigenvalue weighted by Crippen LogP contribution is -2.79. The van der Waals surface area contributed by atoms with Gasteiger partial charge < -0.3 is 0 Å². The van der Waals surface area contributed by atoms with E-state index >= 15 is 0 Å². The van der Waals surface area contributed by atoms with Crippen LogP contribution in [0.15, 0.2) is 133 Å². The van der Waals surface area contributed by atoms with Gasteiger partial charge in [0.05, 0.1) is 37.2 Å². The van der Waals surface area contributed by atoms with Gasteiger partial charge >= 0.3 is 11.8 Å². The van der Waals surface area contributed by atoms with E-state index in [9.17, 15) is 27.4 Å². The Hall–Kier alpha value is -6.54. The topological polar surface area (TPSA) is 26.2 Å². The van der Waals surface area contributed by atoms with E-state index in [-0.39, 0.29) is 154 Å². The van der Waals surface area contributed by atoms with E-state index in [0.29, 0.717) is 40.5 Å². The van der Waals surface area contributed by atoms with Crippen LogP contribution in [-0.4, -0.2) is 0 Å². The summed E-state index contributed by atoms with van der Waals surface area (Å²) in [5.74, 6) is -5.48. The number of hydrogen-bond donors (Lipinski definition) is 0. The van der Waals surface area contributed by atoms with Crippen LogP contribution in [0.5, 0.6) is 0 Å².